The maximum absolute atomic E-state index is 12.8. The summed E-state index contributed by atoms with van der Waals surface area (Å²) in [5, 5.41) is 30.2. The summed E-state index contributed by atoms with van der Waals surface area (Å²) in [6.45, 7) is 1.86. The van der Waals surface area contributed by atoms with Crippen LogP contribution in [0.1, 0.15) is 5.69 Å². The van der Waals surface area contributed by atoms with Crippen molar-refractivity contribution < 1.29 is 4.74 Å². The monoisotopic (exact) mass is 459 g/mol. The molecule has 4 heterocycles. The van der Waals surface area contributed by atoms with E-state index in [9.17, 15) is 4.79 Å². The second-order valence-electron chi connectivity index (χ2n) is 7.55. The summed E-state index contributed by atoms with van der Waals surface area (Å²) in [5.41, 5.74) is 2.78. The highest BCUT2D eigenvalue weighted by Crippen LogP contribution is 2.37. The number of hydrogen-bond donors (Lipinski definition) is 3. The van der Waals surface area contributed by atoms with Crippen molar-refractivity contribution in [2.75, 3.05) is 17.7 Å². The van der Waals surface area contributed by atoms with Crippen LogP contribution in [-0.2, 0) is 14.1 Å². The van der Waals surface area contributed by atoms with Crippen LogP contribution in [-0.4, -0.2) is 52.3 Å². The van der Waals surface area contributed by atoms with Gasteiger partial charge >= 0.3 is 0 Å². The van der Waals surface area contributed by atoms with Crippen LogP contribution in [0.2, 0.25) is 0 Å². The molecule has 0 spiro atoms. The van der Waals surface area contributed by atoms with E-state index in [-0.39, 0.29) is 5.56 Å². The normalized spacial score (nSPS) is 11.1. The van der Waals surface area contributed by atoms with Gasteiger partial charge in [0.05, 0.1) is 36.8 Å². The van der Waals surface area contributed by atoms with Gasteiger partial charge in [0.25, 0.3) is 5.56 Å². The van der Waals surface area contributed by atoms with Gasteiger partial charge in [-0.05, 0) is 36.4 Å². The third-order valence-corrected chi connectivity index (χ3v) is 5.10. The number of benzene rings is 1. The van der Waals surface area contributed by atoms with E-state index in [0.717, 1.165) is 5.69 Å². The third-order valence-electron chi connectivity index (χ3n) is 5.10. The molecule has 0 aliphatic carbocycles. The number of aromatic amines is 1. The minimum absolute atomic E-state index is 0.225. The summed E-state index contributed by atoms with van der Waals surface area (Å²) in [4.78, 5) is 18.7. The SMILES string of the molecule is COc1c(Nc2cc(Nc3ccc(C)nn3)nc3[nH]n(C)c(=O)c23)cccc1-c1nnn(C)n1. The van der Waals surface area contributed by atoms with Gasteiger partial charge in [-0.25, -0.2) is 4.98 Å². The fraction of sp³-hybridized carbons (Fsp3) is 0.190. The Kier molecular flexibility index (Phi) is 5.12. The van der Waals surface area contributed by atoms with Crippen LogP contribution in [0.5, 0.6) is 5.75 Å². The van der Waals surface area contributed by atoms with Crippen LogP contribution in [0, 0.1) is 6.92 Å². The van der Waals surface area contributed by atoms with E-state index < -0.39 is 0 Å². The molecular weight excluding hydrogens is 438 g/mol. The number of tetrazole rings is 1. The standard InChI is InChI=1S/C21H21N11O2/c1-11-8-9-15(26-25-11)23-16-10-14(17-20(24-16)28-31(2)21(17)33)22-13-7-5-6-12(18(13)34-4)19-27-30-32(3)29-19/h5-10H,1-4H3,(H3,22,23,24,26,28). The number of anilines is 4. The Labute approximate surface area is 192 Å². The fourth-order valence-corrected chi connectivity index (χ4v) is 3.55. The second-order valence-corrected chi connectivity index (χ2v) is 7.55. The fourth-order valence-electron chi connectivity index (χ4n) is 3.55. The van der Waals surface area contributed by atoms with Crippen molar-refractivity contribution in [2.45, 2.75) is 6.92 Å². The number of nitrogens with zero attached hydrogens (tertiary/aromatic N) is 8. The van der Waals surface area contributed by atoms with Crippen LogP contribution in [0.25, 0.3) is 22.4 Å². The number of pyridine rings is 1. The maximum atomic E-state index is 12.8. The molecule has 3 N–H and O–H groups in total. The lowest BCUT2D eigenvalue weighted by Gasteiger charge is -2.15. The van der Waals surface area contributed by atoms with Gasteiger partial charge in [-0.2, -0.15) is 9.90 Å². The van der Waals surface area contributed by atoms with Gasteiger partial charge in [0.2, 0.25) is 5.82 Å². The van der Waals surface area contributed by atoms with Crippen molar-refractivity contribution in [1.82, 2.24) is 45.2 Å². The Morgan fingerprint density at radius 2 is 1.85 bits per heavy atom. The first kappa shape index (κ1) is 21.1. The summed E-state index contributed by atoms with van der Waals surface area (Å²) in [6.07, 6.45) is 0. The first-order valence-corrected chi connectivity index (χ1v) is 10.3. The van der Waals surface area contributed by atoms with Crippen molar-refractivity contribution >= 4 is 34.0 Å². The van der Waals surface area contributed by atoms with Gasteiger partial charge < -0.3 is 15.4 Å². The Morgan fingerprint density at radius 1 is 1.00 bits per heavy atom. The molecule has 0 amide bonds. The molecule has 172 valence electrons. The molecule has 0 aliphatic rings. The van der Waals surface area contributed by atoms with E-state index in [0.29, 0.717) is 51.2 Å². The zero-order chi connectivity index (χ0) is 23.8. The van der Waals surface area contributed by atoms with Crippen molar-refractivity contribution in [2.24, 2.45) is 14.1 Å². The van der Waals surface area contributed by atoms with Crippen molar-refractivity contribution in [3.8, 4) is 17.1 Å². The summed E-state index contributed by atoms with van der Waals surface area (Å²) in [5.74, 6) is 1.92. The predicted octanol–water partition coefficient (Wildman–Crippen LogP) is 2.05. The highest BCUT2D eigenvalue weighted by molar-refractivity contribution is 5.94. The average Bonchev–Trinajstić information content (AvgIpc) is 3.38. The van der Waals surface area contributed by atoms with Crippen LogP contribution in [0.3, 0.4) is 0 Å². The van der Waals surface area contributed by atoms with Crippen molar-refractivity contribution in [3.05, 3.63) is 52.4 Å². The number of fused-ring (bicyclic) bond motifs is 1. The molecule has 0 saturated carbocycles. The molecule has 0 atom stereocenters. The first-order valence-electron chi connectivity index (χ1n) is 10.3. The van der Waals surface area contributed by atoms with E-state index >= 15 is 0 Å². The first-order chi connectivity index (χ1) is 16.4. The molecule has 5 rings (SSSR count). The molecule has 0 bridgehead atoms. The number of ether oxygens (including phenoxy) is 1. The Hall–Kier alpha value is -4.81. The average molecular weight is 459 g/mol. The maximum Gasteiger partial charge on any atom is 0.277 e. The molecule has 0 radical (unpaired) electrons. The number of rotatable bonds is 6. The highest BCUT2D eigenvalue weighted by atomic mass is 16.5. The highest BCUT2D eigenvalue weighted by Gasteiger charge is 2.18. The molecule has 13 nitrogen and oxygen atoms in total. The van der Waals surface area contributed by atoms with Gasteiger partial charge in [-0.3, -0.25) is 14.6 Å². The van der Waals surface area contributed by atoms with Crippen LogP contribution < -0.4 is 20.9 Å². The van der Waals surface area contributed by atoms with Crippen LogP contribution >= 0.6 is 0 Å². The number of H-pyrrole nitrogens is 1. The lowest BCUT2D eigenvalue weighted by Crippen LogP contribution is -2.12. The summed E-state index contributed by atoms with van der Waals surface area (Å²) in [6, 6.07) is 10.9. The summed E-state index contributed by atoms with van der Waals surface area (Å²) < 4.78 is 7.05. The Balaban J connectivity index is 1.61. The molecule has 0 saturated heterocycles. The van der Waals surface area contributed by atoms with E-state index in [1.54, 1.807) is 33.3 Å². The van der Waals surface area contributed by atoms with E-state index in [1.165, 1.54) is 9.48 Å². The topological polar surface area (TPSA) is 153 Å². The van der Waals surface area contributed by atoms with Gasteiger partial charge in [-0.15, -0.1) is 15.3 Å². The largest absolute Gasteiger partial charge is 0.494 e. The van der Waals surface area contributed by atoms with Crippen molar-refractivity contribution in [1.29, 1.82) is 0 Å². The molecule has 5 aromatic rings. The van der Waals surface area contributed by atoms with E-state index in [4.69, 9.17) is 4.74 Å². The molecule has 13 heteroatoms. The zero-order valence-electron chi connectivity index (χ0n) is 18.9. The molecular formula is C21H21N11O2. The lowest BCUT2D eigenvalue weighted by molar-refractivity contribution is 0.418. The van der Waals surface area contributed by atoms with E-state index in [2.05, 4.69) is 46.3 Å². The minimum Gasteiger partial charge on any atom is -0.494 e. The smallest absolute Gasteiger partial charge is 0.277 e. The van der Waals surface area contributed by atoms with Crippen LogP contribution in [0.4, 0.5) is 23.0 Å². The Morgan fingerprint density at radius 3 is 2.56 bits per heavy atom. The van der Waals surface area contributed by atoms with Crippen molar-refractivity contribution in [3.63, 3.8) is 0 Å². The molecule has 0 aliphatic heterocycles. The van der Waals surface area contributed by atoms with Gasteiger partial charge in [-0.1, -0.05) is 6.07 Å². The number of aromatic nitrogens is 9. The minimum atomic E-state index is -0.225. The Bertz CT molecular complexity index is 1550. The molecule has 0 fully saturated rings. The number of aryl methyl sites for hydroxylation is 3. The number of methoxy groups -OCH3 is 1. The lowest BCUT2D eigenvalue weighted by atomic mass is 10.1. The van der Waals surface area contributed by atoms with Crippen LogP contribution in [0.15, 0.2) is 41.2 Å². The van der Waals surface area contributed by atoms with Gasteiger partial charge in [0, 0.05) is 13.1 Å². The predicted molar refractivity (Wildman–Crippen MR) is 125 cm³/mol. The van der Waals surface area contributed by atoms with E-state index in [1.807, 2.05) is 31.2 Å². The molecule has 34 heavy (non-hydrogen) atoms. The number of hydrogen-bond acceptors (Lipinski definition) is 10. The second kappa shape index (κ2) is 8.27. The number of nitrogens with one attached hydrogen (secondary N) is 3. The molecule has 1 aromatic carbocycles. The summed E-state index contributed by atoms with van der Waals surface area (Å²) >= 11 is 0. The third kappa shape index (κ3) is 3.79. The summed E-state index contributed by atoms with van der Waals surface area (Å²) in [7, 11) is 4.88. The zero-order valence-corrected chi connectivity index (χ0v) is 18.9. The van der Waals surface area contributed by atoms with Gasteiger partial charge in [0.1, 0.15) is 11.2 Å². The molecule has 4 aromatic heterocycles. The quantitative estimate of drug-likeness (QED) is 0.344. The molecule has 0 unspecified atom stereocenters. The van der Waals surface area contributed by atoms with Gasteiger partial charge in [0.15, 0.2) is 17.2 Å². The number of para-hydroxylation sites is 1.